The Labute approximate surface area is 124 Å². The molecule has 1 heterocycles. The molecule has 0 atom stereocenters. The SMILES string of the molecule is O=C(CNCCN1CCOCC1)Nc1ccc(Cl)cc1. The van der Waals surface area contributed by atoms with Gasteiger partial charge < -0.3 is 15.4 Å². The lowest BCUT2D eigenvalue weighted by atomic mass is 10.3. The number of nitrogens with one attached hydrogen (secondary N) is 2. The van der Waals surface area contributed by atoms with Crippen molar-refractivity contribution in [2.24, 2.45) is 0 Å². The highest BCUT2D eigenvalue weighted by Crippen LogP contribution is 2.12. The van der Waals surface area contributed by atoms with Gasteiger partial charge in [0.25, 0.3) is 0 Å². The first-order chi connectivity index (χ1) is 9.74. The molecule has 2 N–H and O–H groups in total. The van der Waals surface area contributed by atoms with E-state index < -0.39 is 0 Å². The minimum absolute atomic E-state index is 0.0469. The Balaban J connectivity index is 1.59. The van der Waals surface area contributed by atoms with Crippen molar-refractivity contribution in [3.63, 3.8) is 0 Å². The number of hydrogen-bond acceptors (Lipinski definition) is 4. The number of halogens is 1. The summed E-state index contributed by atoms with van der Waals surface area (Å²) in [4.78, 5) is 14.0. The van der Waals surface area contributed by atoms with Crippen LogP contribution in [0, 0.1) is 0 Å². The summed E-state index contributed by atoms with van der Waals surface area (Å²) in [5, 5.41) is 6.62. The smallest absolute Gasteiger partial charge is 0.238 e. The molecule has 6 heteroatoms. The molecule has 0 spiro atoms. The lowest BCUT2D eigenvalue weighted by molar-refractivity contribution is -0.115. The number of ether oxygens (including phenoxy) is 1. The second-order valence-corrected chi connectivity index (χ2v) is 5.12. The third kappa shape index (κ3) is 5.46. The number of morpholine rings is 1. The molecule has 0 aromatic heterocycles. The molecule has 0 unspecified atom stereocenters. The minimum Gasteiger partial charge on any atom is -0.379 e. The molecule has 1 fully saturated rings. The van der Waals surface area contributed by atoms with E-state index in [1.807, 2.05) is 0 Å². The Kier molecular flexibility index (Phi) is 6.26. The number of amides is 1. The van der Waals surface area contributed by atoms with Gasteiger partial charge in [-0.15, -0.1) is 0 Å². The fraction of sp³-hybridized carbons (Fsp3) is 0.500. The second kappa shape index (κ2) is 8.21. The largest absolute Gasteiger partial charge is 0.379 e. The van der Waals surface area contributed by atoms with Gasteiger partial charge in [-0.2, -0.15) is 0 Å². The van der Waals surface area contributed by atoms with E-state index in [0.717, 1.165) is 45.1 Å². The molecule has 0 saturated carbocycles. The summed E-state index contributed by atoms with van der Waals surface area (Å²) in [5.74, 6) is -0.0469. The van der Waals surface area contributed by atoms with Gasteiger partial charge in [0.1, 0.15) is 0 Å². The predicted molar refractivity (Wildman–Crippen MR) is 80.2 cm³/mol. The zero-order valence-electron chi connectivity index (χ0n) is 11.4. The molecule has 110 valence electrons. The predicted octanol–water partition coefficient (Wildman–Crippen LogP) is 1.20. The Morgan fingerprint density at radius 1 is 1.25 bits per heavy atom. The van der Waals surface area contributed by atoms with E-state index in [-0.39, 0.29) is 5.91 Å². The van der Waals surface area contributed by atoms with E-state index in [2.05, 4.69) is 15.5 Å². The first-order valence-electron chi connectivity index (χ1n) is 6.80. The van der Waals surface area contributed by atoms with Gasteiger partial charge in [-0.3, -0.25) is 9.69 Å². The topological polar surface area (TPSA) is 53.6 Å². The average Bonchev–Trinajstić information content (AvgIpc) is 2.47. The van der Waals surface area contributed by atoms with Crippen LogP contribution in [0.25, 0.3) is 0 Å². The molecule has 0 radical (unpaired) electrons. The molecule has 1 saturated heterocycles. The minimum atomic E-state index is -0.0469. The fourth-order valence-corrected chi connectivity index (χ4v) is 2.13. The van der Waals surface area contributed by atoms with Crippen molar-refractivity contribution in [2.45, 2.75) is 0 Å². The molecular formula is C14H20ClN3O2. The number of carbonyl (C=O) groups excluding carboxylic acids is 1. The monoisotopic (exact) mass is 297 g/mol. The summed E-state index contributed by atoms with van der Waals surface area (Å²) in [7, 11) is 0. The van der Waals surface area contributed by atoms with Gasteiger partial charge in [0, 0.05) is 36.9 Å². The molecule has 1 aromatic rings. The van der Waals surface area contributed by atoms with E-state index in [0.29, 0.717) is 11.6 Å². The van der Waals surface area contributed by atoms with Crippen molar-refractivity contribution < 1.29 is 9.53 Å². The fourth-order valence-electron chi connectivity index (χ4n) is 2.00. The number of nitrogens with zero attached hydrogens (tertiary/aromatic N) is 1. The van der Waals surface area contributed by atoms with Crippen LogP contribution in [0.15, 0.2) is 24.3 Å². The standard InChI is InChI=1S/C14H20ClN3O2/c15-12-1-3-13(4-2-12)17-14(19)11-16-5-6-18-7-9-20-10-8-18/h1-4,16H,5-11H2,(H,17,19). The normalized spacial score (nSPS) is 16.1. The van der Waals surface area contributed by atoms with Gasteiger partial charge in [0.05, 0.1) is 19.8 Å². The van der Waals surface area contributed by atoms with Crippen molar-refractivity contribution in [1.82, 2.24) is 10.2 Å². The maximum atomic E-state index is 11.7. The summed E-state index contributed by atoms with van der Waals surface area (Å²) in [6.07, 6.45) is 0. The summed E-state index contributed by atoms with van der Waals surface area (Å²) in [5.41, 5.74) is 0.759. The number of carbonyl (C=O) groups is 1. The van der Waals surface area contributed by atoms with Crippen LogP contribution in [0.1, 0.15) is 0 Å². The van der Waals surface area contributed by atoms with Gasteiger partial charge in [0.2, 0.25) is 5.91 Å². The van der Waals surface area contributed by atoms with Crippen molar-refractivity contribution >= 4 is 23.2 Å². The van der Waals surface area contributed by atoms with E-state index in [9.17, 15) is 4.79 Å². The van der Waals surface area contributed by atoms with Crippen LogP contribution in [-0.2, 0) is 9.53 Å². The maximum Gasteiger partial charge on any atom is 0.238 e. The summed E-state index contributed by atoms with van der Waals surface area (Å²) >= 11 is 5.79. The Bertz CT molecular complexity index is 419. The van der Waals surface area contributed by atoms with E-state index in [4.69, 9.17) is 16.3 Å². The lowest BCUT2D eigenvalue weighted by Crippen LogP contribution is -2.41. The molecular weight excluding hydrogens is 278 g/mol. The Morgan fingerprint density at radius 2 is 1.95 bits per heavy atom. The van der Waals surface area contributed by atoms with Crippen LogP contribution >= 0.6 is 11.6 Å². The van der Waals surface area contributed by atoms with Crippen molar-refractivity contribution in [2.75, 3.05) is 51.3 Å². The van der Waals surface area contributed by atoms with E-state index >= 15 is 0 Å². The number of benzene rings is 1. The van der Waals surface area contributed by atoms with Gasteiger partial charge >= 0.3 is 0 Å². The first-order valence-corrected chi connectivity index (χ1v) is 7.18. The molecule has 1 amide bonds. The third-order valence-electron chi connectivity index (χ3n) is 3.12. The van der Waals surface area contributed by atoms with Gasteiger partial charge in [-0.1, -0.05) is 11.6 Å². The van der Waals surface area contributed by atoms with Crippen molar-refractivity contribution in [3.05, 3.63) is 29.3 Å². The Hall–Kier alpha value is -1.14. The van der Waals surface area contributed by atoms with Gasteiger partial charge in [0.15, 0.2) is 0 Å². The average molecular weight is 298 g/mol. The lowest BCUT2D eigenvalue weighted by Gasteiger charge is -2.26. The van der Waals surface area contributed by atoms with Gasteiger partial charge in [-0.05, 0) is 24.3 Å². The quantitative estimate of drug-likeness (QED) is 0.775. The zero-order chi connectivity index (χ0) is 14.2. The number of rotatable bonds is 6. The van der Waals surface area contributed by atoms with Crippen molar-refractivity contribution in [3.8, 4) is 0 Å². The van der Waals surface area contributed by atoms with E-state index in [1.54, 1.807) is 24.3 Å². The molecule has 0 bridgehead atoms. The summed E-state index contributed by atoms with van der Waals surface area (Å²) in [6.45, 7) is 5.60. The summed E-state index contributed by atoms with van der Waals surface area (Å²) in [6, 6.07) is 7.08. The van der Waals surface area contributed by atoms with Crippen molar-refractivity contribution in [1.29, 1.82) is 0 Å². The van der Waals surface area contributed by atoms with Crippen LogP contribution in [-0.4, -0.2) is 56.7 Å². The Morgan fingerprint density at radius 3 is 2.65 bits per heavy atom. The van der Waals surface area contributed by atoms with Gasteiger partial charge in [-0.25, -0.2) is 0 Å². The third-order valence-corrected chi connectivity index (χ3v) is 3.37. The molecule has 2 rings (SSSR count). The highest BCUT2D eigenvalue weighted by Gasteiger charge is 2.09. The molecule has 0 aliphatic carbocycles. The molecule has 1 aromatic carbocycles. The van der Waals surface area contributed by atoms with Crippen LogP contribution in [0.4, 0.5) is 5.69 Å². The highest BCUT2D eigenvalue weighted by atomic mass is 35.5. The highest BCUT2D eigenvalue weighted by molar-refractivity contribution is 6.30. The molecule has 1 aliphatic heterocycles. The van der Waals surface area contributed by atoms with Crippen LogP contribution in [0.2, 0.25) is 5.02 Å². The van der Waals surface area contributed by atoms with Crippen LogP contribution < -0.4 is 10.6 Å². The van der Waals surface area contributed by atoms with Crippen LogP contribution in [0.3, 0.4) is 0 Å². The molecule has 1 aliphatic rings. The number of hydrogen-bond donors (Lipinski definition) is 2. The van der Waals surface area contributed by atoms with Crippen LogP contribution in [0.5, 0.6) is 0 Å². The first kappa shape index (κ1) is 15.3. The second-order valence-electron chi connectivity index (χ2n) is 4.69. The molecule has 20 heavy (non-hydrogen) atoms. The maximum absolute atomic E-state index is 11.7. The molecule has 5 nitrogen and oxygen atoms in total. The van der Waals surface area contributed by atoms with E-state index in [1.165, 1.54) is 0 Å². The summed E-state index contributed by atoms with van der Waals surface area (Å²) < 4.78 is 5.28. The zero-order valence-corrected chi connectivity index (χ0v) is 12.2. The number of anilines is 1.